The molecule has 1 aliphatic heterocycles. The minimum Gasteiger partial charge on any atom is -0.348 e. The summed E-state index contributed by atoms with van der Waals surface area (Å²) in [5.41, 5.74) is 1.65. The van der Waals surface area contributed by atoms with Crippen molar-refractivity contribution in [2.75, 3.05) is 13.1 Å². The third kappa shape index (κ3) is 5.01. The number of carbonyl (C=O) groups is 2. The van der Waals surface area contributed by atoms with Crippen LogP contribution in [0.1, 0.15) is 48.2 Å². The largest absolute Gasteiger partial charge is 0.348 e. The van der Waals surface area contributed by atoms with Crippen LogP contribution in [-0.4, -0.2) is 52.2 Å². The maximum atomic E-state index is 13.4. The molecule has 2 N–H and O–H groups in total. The van der Waals surface area contributed by atoms with Gasteiger partial charge in [0.1, 0.15) is 6.29 Å². The van der Waals surface area contributed by atoms with Gasteiger partial charge in [0.25, 0.3) is 5.91 Å². The van der Waals surface area contributed by atoms with Crippen LogP contribution < -0.4 is 5.32 Å². The highest BCUT2D eigenvalue weighted by Gasteiger charge is 2.39. The van der Waals surface area contributed by atoms with E-state index in [1.165, 1.54) is 25.7 Å². The lowest BCUT2D eigenvalue weighted by atomic mass is 9.72. The fraction of sp³-hybridized carbons (Fsp3) is 0.522. The number of aromatic amines is 1. The van der Waals surface area contributed by atoms with Crippen molar-refractivity contribution < 1.29 is 9.59 Å². The van der Waals surface area contributed by atoms with Crippen LogP contribution in [0.3, 0.4) is 0 Å². The van der Waals surface area contributed by atoms with E-state index in [1.54, 1.807) is 12.5 Å². The summed E-state index contributed by atoms with van der Waals surface area (Å²) in [5, 5.41) is 3.40. The van der Waals surface area contributed by atoms with Crippen molar-refractivity contribution in [3.8, 4) is 0 Å². The van der Waals surface area contributed by atoms with E-state index in [0.717, 1.165) is 35.0 Å². The normalized spacial score (nSPS) is 24.8. The number of amides is 1. The lowest BCUT2D eigenvalue weighted by Gasteiger charge is -2.46. The molecular formula is C23H29BrN4O2. The van der Waals surface area contributed by atoms with Crippen molar-refractivity contribution in [2.24, 2.45) is 11.8 Å². The number of piperidine rings is 1. The van der Waals surface area contributed by atoms with Crippen LogP contribution in [0.4, 0.5) is 0 Å². The Labute approximate surface area is 186 Å². The molecule has 1 aliphatic carbocycles. The zero-order valence-electron chi connectivity index (χ0n) is 17.1. The van der Waals surface area contributed by atoms with Crippen LogP contribution >= 0.6 is 15.9 Å². The predicted molar refractivity (Wildman–Crippen MR) is 119 cm³/mol. The van der Waals surface area contributed by atoms with E-state index in [0.29, 0.717) is 24.8 Å². The molecule has 7 heteroatoms. The fourth-order valence-electron chi connectivity index (χ4n) is 5.00. The number of likely N-dealkylation sites (tertiary alicyclic amines) is 1. The van der Waals surface area contributed by atoms with Crippen molar-refractivity contribution in [1.29, 1.82) is 0 Å². The van der Waals surface area contributed by atoms with Gasteiger partial charge in [0.2, 0.25) is 0 Å². The van der Waals surface area contributed by atoms with Crippen molar-refractivity contribution in [2.45, 2.75) is 50.6 Å². The molecule has 160 valence electrons. The number of hydrogen-bond donors (Lipinski definition) is 2. The average Bonchev–Trinajstić information content (AvgIpc) is 3.29. The Balaban J connectivity index is 1.47. The van der Waals surface area contributed by atoms with Crippen molar-refractivity contribution in [3.05, 3.63) is 52.5 Å². The number of H-pyrrole nitrogens is 1. The Hall–Kier alpha value is -1.99. The lowest BCUT2D eigenvalue weighted by molar-refractivity contribution is -0.109. The number of hydrogen-bond acceptors (Lipinski definition) is 4. The van der Waals surface area contributed by atoms with E-state index in [2.05, 4.69) is 36.1 Å². The zero-order chi connectivity index (χ0) is 20.9. The number of aldehydes is 1. The first-order valence-electron chi connectivity index (χ1n) is 10.9. The summed E-state index contributed by atoms with van der Waals surface area (Å²) in [6.45, 7) is 1.45. The Morgan fingerprint density at radius 1 is 1.27 bits per heavy atom. The third-order valence-electron chi connectivity index (χ3n) is 6.64. The predicted octanol–water partition coefficient (Wildman–Crippen LogP) is 3.59. The van der Waals surface area contributed by atoms with Gasteiger partial charge in [-0.2, -0.15) is 0 Å². The lowest BCUT2D eigenvalue weighted by Crippen LogP contribution is -2.55. The van der Waals surface area contributed by atoms with Crippen LogP contribution in [0.5, 0.6) is 0 Å². The summed E-state index contributed by atoms with van der Waals surface area (Å²) < 4.78 is 0.968. The number of aromatic nitrogens is 2. The van der Waals surface area contributed by atoms with Crippen LogP contribution in [0, 0.1) is 11.8 Å². The number of rotatable bonds is 7. The molecule has 4 atom stereocenters. The summed E-state index contributed by atoms with van der Waals surface area (Å²) in [6.07, 6.45) is 10.9. The molecule has 0 bridgehead atoms. The van der Waals surface area contributed by atoms with Crippen molar-refractivity contribution in [3.63, 3.8) is 0 Å². The maximum Gasteiger partial charge on any atom is 0.254 e. The molecule has 6 nitrogen and oxygen atoms in total. The van der Waals surface area contributed by atoms with Gasteiger partial charge in [-0.3, -0.25) is 4.79 Å². The molecule has 2 aliphatic rings. The summed E-state index contributed by atoms with van der Waals surface area (Å²) in [4.78, 5) is 34.1. The van der Waals surface area contributed by atoms with Gasteiger partial charge in [-0.1, -0.05) is 35.2 Å². The summed E-state index contributed by atoms with van der Waals surface area (Å²) in [5.74, 6) is 1.37. The van der Waals surface area contributed by atoms with Crippen molar-refractivity contribution >= 4 is 28.1 Å². The second kappa shape index (κ2) is 9.88. The van der Waals surface area contributed by atoms with Gasteiger partial charge in [-0.15, -0.1) is 0 Å². The number of carbonyl (C=O) groups excluding carboxylic acids is 2. The molecule has 1 saturated carbocycles. The SMILES string of the molecule is O=C[C@H](Cc1cnc[nH]1)NC[C@H]1C[C@@H]2CCCC[C@H]2CN1C(=O)c1ccc(Br)cc1. The molecule has 1 aromatic heterocycles. The van der Waals surface area contributed by atoms with E-state index in [9.17, 15) is 9.59 Å². The van der Waals surface area contributed by atoms with Gasteiger partial charge in [-0.25, -0.2) is 4.98 Å². The minimum absolute atomic E-state index is 0.0922. The second-order valence-corrected chi connectivity index (χ2v) is 9.51. The Morgan fingerprint density at radius 2 is 2.03 bits per heavy atom. The maximum absolute atomic E-state index is 13.4. The second-order valence-electron chi connectivity index (χ2n) is 8.59. The number of imidazole rings is 1. The van der Waals surface area contributed by atoms with Gasteiger partial charge in [0, 0.05) is 47.5 Å². The average molecular weight is 473 g/mol. The van der Waals surface area contributed by atoms with Gasteiger partial charge < -0.3 is 20.0 Å². The molecule has 0 spiro atoms. The fourth-order valence-corrected chi connectivity index (χ4v) is 5.27. The molecule has 1 amide bonds. The number of fused-ring (bicyclic) bond motifs is 1. The zero-order valence-corrected chi connectivity index (χ0v) is 18.7. The van der Waals surface area contributed by atoms with Crippen LogP contribution in [-0.2, 0) is 11.2 Å². The molecule has 2 fully saturated rings. The highest BCUT2D eigenvalue weighted by atomic mass is 79.9. The quantitative estimate of drug-likeness (QED) is 0.603. The van der Waals surface area contributed by atoms with E-state index >= 15 is 0 Å². The number of benzene rings is 1. The molecule has 30 heavy (non-hydrogen) atoms. The van der Waals surface area contributed by atoms with Gasteiger partial charge in [0.05, 0.1) is 12.4 Å². The van der Waals surface area contributed by atoms with Crippen LogP contribution in [0.2, 0.25) is 0 Å². The molecule has 1 saturated heterocycles. The first-order chi connectivity index (χ1) is 14.6. The molecule has 2 heterocycles. The summed E-state index contributed by atoms with van der Waals surface area (Å²) >= 11 is 3.45. The van der Waals surface area contributed by atoms with Gasteiger partial charge in [-0.05, 0) is 48.9 Å². The summed E-state index contributed by atoms with van der Waals surface area (Å²) in [6, 6.07) is 7.41. The van der Waals surface area contributed by atoms with Gasteiger partial charge in [0.15, 0.2) is 0 Å². The molecule has 0 unspecified atom stereocenters. The Morgan fingerprint density at radius 3 is 2.73 bits per heavy atom. The molecule has 2 aromatic rings. The minimum atomic E-state index is -0.292. The topological polar surface area (TPSA) is 78.1 Å². The first kappa shape index (κ1) is 21.2. The smallest absolute Gasteiger partial charge is 0.254 e. The molecule has 4 rings (SSSR count). The number of nitrogens with zero attached hydrogens (tertiary/aromatic N) is 2. The van der Waals surface area contributed by atoms with E-state index in [-0.39, 0.29) is 18.0 Å². The van der Waals surface area contributed by atoms with E-state index in [1.807, 2.05) is 24.3 Å². The third-order valence-corrected chi connectivity index (χ3v) is 7.17. The van der Waals surface area contributed by atoms with Crippen molar-refractivity contribution in [1.82, 2.24) is 20.2 Å². The standard InChI is InChI=1S/C23H29BrN4O2/c24-19-7-5-16(6-8-19)23(30)28-13-18-4-2-1-3-17(18)9-22(28)12-26-21(14-29)10-20-11-25-15-27-20/h5-8,11,14-15,17-18,21-22,26H,1-4,9-10,12-13H2,(H,25,27)/t17-,18-,21-,22+/m0/s1. The van der Waals surface area contributed by atoms with Gasteiger partial charge >= 0.3 is 0 Å². The number of halogens is 1. The molecular weight excluding hydrogens is 444 g/mol. The van der Waals surface area contributed by atoms with E-state index in [4.69, 9.17) is 0 Å². The Kier molecular flexibility index (Phi) is 7.00. The van der Waals surface area contributed by atoms with Crippen LogP contribution in [0.25, 0.3) is 0 Å². The highest BCUT2D eigenvalue weighted by molar-refractivity contribution is 9.10. The number of nitrogens with one attached hydrogen (secondary N) is 2. The highest BCUT2D eigenvalue weighted by Crippen LogP contribution is 2.39. The molecule has 0 radical (unpaired) electrons. The van der Waals surface area contributed by atoms with E-state index < -0.39 is 0 Å². The first-order valence-corrected chi connectivity index (χ1v) is 11.7. The monoisotopic (exact) mass is 472 g/mol. The van der Waals surface area contributed by atoms with Crippen LogP contribution in [0.15, 0.2) is 41.3 Å². The Bertz CT molecular complexity index is 839. The summed E-state index contributed by atoms with van der Waals surface area (Å²) in [7, 11) is 0. The molecule has 1 aromatic carbocycles.